The molecule has 172 valence electrons. The van der Waals surface area contributed by atoms with Crippen LogP contribution < -0.4 is 19.7 Å². The van der Waals surface area contributed by atoms with E-state index in [0.717, 1.165) is 43.2 Å². The van der Waals surface area contributed by atoms with E-state index >= 15 is 0 Å². The third-order valence-electron chi connectivity index (χ3n) is 6.07. The van der Waals surface area contributed by atoms with Gasteiger partial charge in [0.15, 0.2) is 0 Å². The predicted octanol–water partition coefficient (Wildman–Crippen LogP) is 3.39. The Kier molecular flexibility index (Phi) is 7.42. The number of nitrogens with zero attached hydrogens (tertiary/aromatic N) is 3. The number of pyridine rings is 1. The Bertz CT molecular complexity index is 1020. The predicted molar refractivity (Wildman–Crippen MR) is 129 cm³/mol. The molecule has 4 rings (SSSR count). The maximum atomic E-state index is 12.7. The van der Waals surface area contributed by atoms with Gasteiger partial charge in [-0.05, 0) is 60.2 Å². The number of hydrogen-bond donors (Lipinski definition) is 1. The first kappa shape index (κ1) is 22.6. The van der Waals surface area contributed by atoms with Gasteiger partial charge in [0.1, 0.15) is 11.5 Å². The summed E-state index contributed by atoms with van der Waals surface area (Å²) in [6, 6.07) is 19.4. The van der Waals surface area contributed by atoms with Gasteiger partial charge >= 0.3 is 0 Å². The summed E-state index contributed by atoms with van der Waals surface area (Å²) in [6.07, 6.45) is 3.66. The fourth-order valence-electron chi connectivity index (χ4n) is 4.15. The van der Waals surface area contributed by atoms with Gasteiger partial charge in [0.05, 0.1) is 20.3 Å². The monoisotopic (exact) mass is 446 g/mol. The fraction of sp³-hybridized carbons (Fsp3) is 0.308. The Morgan fingerprint density at radius 2 is 1.58 bits per heavy atom. The summed E-state index contributed by atoms with van der Waals surface area (Å²) in [4.78, 5) is 21.9. The van der Waals surface area contributed by atoms with Crippen LogP contribution in [0.25, 0.3) is 0 Å². The highest BCUT2D eigenvalue weighted by Crippen LogP contribution is 2.25. The molecule has 2 aromatic carbocycles. The Labute approximate surface area is 195 Å². The fourth-order valence-corrected chi connectivity index (χ4v) is 4.15. The van der Waals surface area contributed by atoms with Crippen molar-refractivity contribution in [3.05, 3.63) is 84.2 Å². The van der Waals surface area contributed by atoms with Crippen molar-refractivity contribution >= 4 is 11.6 Å². The van der Waals surface area contributed by atoms with Crippen LogP contribution in [-0.2, 0) is 0 Å². The number of carbonyl (C=O) groups excluding carboxylic acids is 1. The zero-order valence-corrected chi connectivity index (χ0v) is 19.1. The van der Waals surface area contributed by atoms with Crippen molar-refractivity contribution in [2.45, 2.75) is 6.04 Å². The van der Waals surface area contributed by atoms with E-state index in [1.54, 1.807) is 44.7 Å². The third kappa shape index (κ3) is 5.62. The lowest BCUT2D eigenvalue weighted by Crippen LogP contribution is -2.50. The Morgan fingerprint density at radius 3 is 2.15 bits per heavy atom. The van der Waals surface area contributed by atoms with Crippen molar-refractivity contribution in [2.75, 3.05) is 51.8 Å². The first-order chi connectivity index (χ1) is 16.2. The standard InChI is InChI=1S/C26H30N4O3/c1-32-23-9-5-20(6-10-23)26(31)28-19-25(21-4-3-13-27-18-21)30-16-14-29(15-17-30)22-7-11-24(33-2)12-8-22/h3-13,18,25H,14-17,19H2,1-2H3,(H,28,31)/t25-/m1/s1. The molecule has 0 saturated carbocycles. The van der Waals surface area contributed by atoms with Crippen molar-refractivity contribution in [3.8, 4) is 11.5 Å². The van der Waals surface area contributed by atoms with Crippen LogP contribution in [0.5, 0.6) is 11.5 Å². The second-order valence-electron chi connectivity index (χ2n) is 7.96. The number of aromatic nitrogens is 1. The minimum Gasteiger partial charge on any atom is -0.497 e. The molecule has 7 heteroatoms. The molecule has 0 radical (unpaired) electrons. The number of methoxy groups -OCH3 is 2. The van der Waals surface area contributed by atoms with Crippen LogP contribution in [0.4, 0.5) is 5.69 Å². The first-order valence-electron chi connectivity index (χ1n) is 11.1. The van der Waals surface area contributed by atoms with E-state index in [1.807, 2.05) is 24.4 Å². The molecule has 1 aromatic heterocycles. The van der Waals surface area contributed by atoms with Crippen molar-refractivity contribution in [2.24, 2.45) is 0 Å². The SMILES string of the molecule is COc1ccc(C(=O)NC[C@H](c2cccnc2)N2CCN(c3ccc(OC)cc3)CC2)cc1. The highest BCUT2D eigenvalue weighted by molar-refractivity contribution is 5.94. The first-order valence-corrected chi connectivity index (χ1v) is 11.1. The highest BCUT2D eigenvalue weighted by atomic mass is 16.5. The minimum atomic E-state index is -0.0941. The number of anilines is 1. The normalized spacial score (nSPS) is 15.0. The molecule has 0 unspecified atom stereocenters. The summed E-state index contributed by atoms with van der Waals surface area (Å²) in [5, 5.41) is 3.11. The number of carbonyl (C=O) groups is 1. The zero-order valence-electron chi connectivity index (χ0n) is 19.1. The van der Waals surface area contributed by atoms with Crippen LogP contribution in [0.15, 0.2) is 73.1 Å². The van der Waals surface area contributed by atoms with Gasteiger partial charge in [-0.25, -0.2) is 0 Å². The van der Waals surface area contributed by atoms with Gasteiger partial charge in [-0.2, -0.15) is 0 Å². The molecule has 1 amide bonds. The van der Waals surface area contributed by atoms with E-state index in [1.165, 1.54) is 5.69 Å². The van der Waals surface area contributed by atoms with E-state index in [2.05, 4.69) is 38.3 Å². The van der Waals surface area contributed by atoms with Crippen LogP contribution in [0.3, 0.4) is 0 Å². The van der Waals surface area contributed by atoms with Gasteiger partial charge in [-0.3, -0.25) is 14.7 Å². The Hall–Kier alpha value is -3.58. The molecule has 3 aromatic rings. The van der Waals surface area contributed by atoms with Gasteiger partial charge in [0, 0.05) is 56.4 Å². The van der Waals surface area contributed by atoms with E-state index in [4.69, 9.17) is 9.47 Å². The molecule has 0 bridgehead atoms. The van der Waals surface area contributed by atoms with Gasteiger partial charge in [-0.15, -0.1) is 0 Å². The number of piperazine rings is 1. The number of hydrogen-bond acceptors (Lipinski definition) is 6. The maximum absolute atomic E-state index is 12.7. The van der Waals surface area contributed by atoms with E-state index in [-0.39, 0.29) is 11.9 Å². The van der Waals surface area contributed by atoms with E-state index in [0.29, 0.717) is 12.1 Å². The van der Waals surface area contributed by atoms with Gasteiger partial charge in [0.2, 0.25) is 0 Å². The Morgan fingerprint density at radius 1 is 0.939 bits per heavy atom. The van der Waals surface area contributed by atoms with E-state index in [9.17, 15) is 4.79 Å². The van der Waals surface area contributed by atoms with Crippen LogP contribution >= 0.6 is 0 Å². The second kappa shape index (κ2) is 10.8. The molecule has 1 N–H and O–H groups in total. The molecule has 1 aliphatic heterocycles. The molecule has 1 fully saturated rings. The molecule has 0 aliphatic carbocycles. The topological polar surface area (TPSA) is 66.9 Å². The number of ether oxygens (including phenoxy) is 2. The van der Waals surface area contributed by atoms with Crippen molar-refractivity contribution in [3.63, 3.8) is 0 Å². The summed E-state index contributed by atoms with van der Waals surface area (Å²) in [5.74, 6) is 1.50. The maximum Gasteiger partial charge on any atom is 0.251 e. The molecule has 1 atom stereocenters. The molecule has 1 saturated heterocycles. The number of amides is 1. The lowest BCUT2D eigenvalue weighted by Gasteiger charge is -2.40. The minimum absolute atomic E-state index is 0.0546. The summed E-state index contributed by atoms with van der Waals surface area (Å²) in [6.45, 7) is 4.12. The summed E-state index contributed by atoms with van der Waals surface area (Å²) in [7, 11) is 3.29. The smallest absolute Gasteiger partial charge is 0.251 e. The van der Waals surface area contributed by atoms with Crippen molar-refractivity contribution in [1.29, 1.82) is 0 Å². The molecular weight excluding hydrogens is 416 g/mol. The number of nitrogens with one attached hydrogen (secondary N) is 1. The number of benzene rings is 2. The quantitative estimate of drug-likeness (QED) is 0.572. The summed E-state index contributed by atoms with van der Waals surface area (Å²) >= 11 is 0. The van der Waals surface area contributed by atoms with Gasteiger partial charge in [0.25, 0.3) is 5.91 Å². The average Bonchev–Trinajstić information content (AvgIpc) is 2.90. The largest absolute Gasteiger partial charge is 0.497 e. The lowest BCUT2D eigenvalue weighted by atomic mass is 10.1. The van der Waals surface area contributed by atoms with Gasteiger partial charge < -0.3 is 19.7 Å². The van der Waals surface area contributed by atoms with Crippen LogP contribution in [-0.4, -0.2) is 62.7 Å². The molecule has 7 nitrogen and oxygen atoms in total. The van der Waals surface area contributed by atoms with Crippen LogP contribution in [0.1, 0.15) is 22.0 Å². The van der Waals surface area contributed by atoms with Crippen molar-refractivity contribution < 1.29 is 14.3 Å². The van der Waals surface area contributed by atoms with Crippen LogP contribution in [0.2, 0.25) is 0 Å². The molecular formula is C26H30N4O3. The van der Waals surface area contributed by atoms with Crippen LogP contribution in [0, 0.1) is 0 Å². The highest BCUT2D eigenvalue weighted by Gasteiger charge is 2.26. The third-order valence-corrected chi connectivity index (χ3v) is 6.07. The molecule has 1 aliphatic rings. The average molecular weight is 447 g/mol. The Balaban J connectivity index is 1.41. The van der Waals surface area contributed by atoms with Gasteiger partial charge in [-0.1, -0.05) is 6.07 Å². The molecule has 33 heavy (non-hydrogen) atoms. The zero-order chi connectivity index (χ0) is 23.0. The van der Waals surface area contributed by atoms with E-state index < -0.39 is 0 Å². The summed E-state index contributed by atoms with van der Waals surface area (Å²) < 4.78 is 10.5. The lowest BCUT2D eigenvalue weighted by molar-refractivity contribution is 0.0930. The number of rotatable bonds is 8. The summed E-state index contributed by atoms with van der Waals surface area (Å²) in [5.41, 5.74) is 2.91. The van der Waals surface area contributed by atoms with Crippen molar-refractivity contribution in [1.82, 2.24) is 15.2 Å². The molecule has 0 spiro atoms. The molecule has 2 heterocycles. The second-order valence-corrected chi connectivity index (χ2v) is 7.96.